The second-order valence-corrected chi connectivity index (χ2v) is 7.04. The number of unbranched alkanes of at least 4 members (excludes halogenated alkanes) is 4. The number of aromatic nitrogens is 1. The maximum atomic E-state index is 6.13. The Balaban J connectivity index is 1.65. The summed E-state index contributed by atoms with van der Waals surface area (Å²) in [7, 11) is 0. The monoisotopic (exact) mass is 303 g/mol. The Bertz CT molecular complexity index is 435. The van der Waals surface area contributed by atoms with Gasteiger partial charge in [-0.25, -0.2) is 0 Å². The molecule has 0 bridgehead atoms. The average molecular weight is 303 g/mol. The predicted octanol–water partition coefficient (Wildman–Crippen LogP) is 6.00. The molecule has 2 nitrogen and oxygen atoms in total. The topological polar surface area (TPSA) is 22.1 Å². The van der Waals surface area contributed by atoms with Gasteiger partial charge < -0.3 is 4.74 Å². The van der Waals surface area contributed by atoms with Gasteiger partial charge in [0.2, 0.25) is 0 Å². The zero-order chi connectivity index (χ0) is 15.8. The Morgan fingerprint density at radius 3 is 2.45 bits per heavy atom. The van der Waals surface area contributed by atoms with E-state index in [1.807, 2.05) is 13.1 Å². The fourth-order valence-corrected chi connectivity index (χ4v) is 3.45. The van der Waals surface area contributed by atoms with Crippen LogP contribution in [0.5, 0.6) is 5.75 Å². The van der Waals surface area contributed by atoms with Gasteiger partial charge in [0.05, 0.1) is 12.3 Å². The Kier molecular flexibility index (Phi) is 7.21. The van der Waals surface area contributed by atoms with Crippen molar-refractivity contribution in [2.75, 3.05) is 0 Å². The first-order chi connectivity index (χ1) is 10.7. The quantitative estimate of drug-likeness (QED) is 0.550. The van der Waals surface area contributed by atoms with Crippen molar-refractivity contribution in [3.05, 3.63) is 23.5 Å². The minimum absolute atomic E-state index is 0.403. The molecule has 0 aliphatic heterocycles. The van der Waals surface area contributed by atoms with Crippen LogP contribution in [0, 0.1) is 19.8 Å². The van der Waals surface area contributed by atoms with E-state index in [1.165, 1.54) is 69.8 Å². The predicted molar refractivity (Wildman–Crippen MR) is 93.5 cm³/mol. The van der Waals surface area contributed by atoms with Crippen LogP contribution in [0.2, 0.25) is 0 Å². The number of rotatable bonds is 8. The molecule has 2 heteroatoms. The molecule has 1 fully saturated rings. The van der Waals surface area contributed by atoms with Crippen molar-refractivity contribution in [2.45, 2.75) is 91.1 Å². The van der Waals surface area contributed by atoms with Gasteiger partial charge in [0, 0.05) is 5.69 Å². The highest BCUT2D eigenvalue weighted by molar-refractivity contribution is 5.27. The summed E-state index contributed by atoms with van der Waals surface area (Å²) in [5.41, 5.74) is 2.32. The van der Waals surface area contributed by atoms with Gasteiger partial charge in [0.1, 0.15) is 5.75 Å². The smallest absolute Gasteiger partial charge is 0.138 e. The molecule has 2 rings (SSSR count). The van der Waals surface area contributed by atoms with Gasteiger partial charge in [-0.05, 0) is 57.1 Å². The Morgan fingerprint density at radius 2 is 1.77 bits per heavy atom. The lowest BCUT2D eigenvalue weighted by Gasteiger charge is -2.29. The number of aryl methyl sites for hydroxylation is 2. The Hall–Kier alpha value is -1.05. The summed E-state index contributed by atoms with van der Waals surface area (Å²) in [6, 6.07) is 2.13. The highest BCUT2D eigenvalue weighted by atomic mass is 16.5. The Labute approximate surface area is 136 Å². The van der Waals surface area contributed by atoms with E-state index in [0.29, 0.717) is 6.10 Å². The normalized spacial score (nSPS) is 21.8. The van der Waals surface area contributed by atoms with E-state index >= 15 is 0 Å². The molecule has 1 saturated carbocycles. The van der Waals surface area contributed by atoms with Gasteiger partial charge in [-0.3, -0.25) is 4.98 Å². The van der Waals surface area contributed by atoms with Gasteiger partial charge in [-0.2, -0.15) is 0 Å². The van der Waals surface area contributed by atoms with Crippen molar-refractivity contribution in [2.24, 2.45) is 5.92 Å². The molecule has 124 valence electrons. The van der Waals surface area contributed by atoms with Crippen LogP contribution >= 0.6 is 0 Å². The molecule has 1 aliphatic rings. The van der Waals surface area contributed by atoms with E-state index < -0.39 is 0 Å². The lowest BCUT2D eigenvalue weighted by molar-refractivity contribution is 0.127. The number of hydrogen-bond donors (Lipinski definition) is 0. The summed E-state index contributed by atoms with van der Waals surface area (Å²) < 4.78 is 6.13. The molecule has 0 N–H and O–H groups in total. The van der Waals surface area contributed by atoms with Crippen LogP contribution in [-0.4, -0.2) is 11.1 Å². The van der Waals surface area contributed by atoms with Crippen LogP contribution in [0.1, 0.15) is 82.4 Å². The molecule has 1 aliphatic carbocycles. The van der Waals surface area contributed by atoms with Crippen molar-refractivity contribution in [3.63, 3.8) is 0 Å². The first-order valence-corrected chi connectivity index (χ1v) is 9.29. The average Bonchev–Trinajstić information content (AvgIpc) is 2.52. The summed E-state index contributed by atoms with van der Waals surface area (Å²) in [4.78, 5) is 4.40. The maximum absolute atomic E-state index is 6.13. The van der Waals surface area contributed by atoms with Crippen LogP contribution in [0.3, 0.4) is 0 Å². The molecule has 0 spiro atoms. The van der Waals surface area contributed by atoms with Gasteiger partial charge in [-0.15, -0.1) is 0 Å². The van der Waals surface area contributed by atoms with E-state index in [1.54, 1.807) is 0 Å². The molecule has 1 heterocycles. The molecular weight excluding hydrogens is 270 g/mol. The van der Waals surface area contributed by atoms with E-state index in [2.05, 4.69) is 24.9 Å². The lowest BCUT2D eigenvalue weighted by atomic mass is 9.84. The SMILES string of the molecule is CCCCCCCC1CCC(Oc2cnc(C)c(C)c2)CC1. The molecule has 0 aromatic carbocycles. The number of ether oxygens (including phenoxy) is 1. The van der Waals surface area contributed by atoms with E-state index in [0.717, 1.165) is 17.4 Å². The molecule has 0 saturated heterocycles. The summed E-state index contributed by atoms with van der Waals surface area (Å²) in [6.45, 7) is 6.43. The second-order valence-electron chi connectivity index (χ2n) is 7.04. The zero-order valence-corrected chi connectivity index (χ0v) is 14.7. The van der Waals surface area contributed by atoms with Crippen molar-refractivity contribution in [1.82, 2.24) is 4.98 Å². The third-order valence-corrected chi connectivity index (χ3v) is 5.13. The number of nitrogens with zero attached hydrogens (tertiary/aromatic N) is 1. The van der Waals surface area contributed by atoms with Crippen LogP contribution in [-0.2, 0) is 0 Å². The summed E-state index contributed by atoms with van der Waals surface area (Å²) in [5, 5.41) is 0. The van der Waals surface area contributed by atoms with E-state index in [9.17, 15) is 0 Å². The van der Waals surface area contributed by atoms with Crippen molar-refractivity contribution < 1.29 is 4.74 Å². The number of hydrogen-bond acceptors (Lipinski definition) is 2. The second kappa shape index (κ2) is 9.17. The minimum atomic E-state index is 0.403. The summed E-state index contributed by atoms with van der Waals surface area (Å²) in [5.74, 6) is 1.89. The van der Waals surface area contributed by atoms with Crippen molar-refractivity contribution >= 4 is 0 Å². The Morgan fingerprint density at radius 1 is 1.05 bits per heavy atom. The summed E-state index contributed by atoms with van der Waals surface area (Å²) >= 11 is 0. The first-order valence-electron chi connectivity index (χ1n) is 9.29. The van der Waals surface area contributed by atoms with Gasteiger partial charge in [-0.1, -0.05) is 45.4 Å². The third kappa shape index (κ3) is 5.62. The van der Waals surface area contributed by atoms with Gasteiger partial charge in [0.25, 0.3) is 0 Å². The van der Waals surface area contributed by atoms with Crippen molar-refractivity contribution in [3.8, 4) is 5.75 Å². The highest BCUT2D eigenvalue weighted by Crippen LogP contribution is 2.31. The van der Waals surface area contributed by atoms with E-state index in [4.69, 9.17) is 4.74 Å². The largest absolute Gasteiger partial charge is 0.489 e. The molecule has 1 aromatic heterocycles. The van der Waals surface area contributed by atoms with Gasteiger partial charge >= 0.3 is 0 Å². The van der Waals surface area contributed by atoms with Crippen LogP contribution in [0.15, 0.2) is 12.3 Å². The van der Waals surface area contributed by atoms with Crippen LogP contribution in [0.4, 0.5) is 0 Å². The lowest BCUT2D eigenvalue weighted by Crippen LogP contribution is -2.24. The van der Waals surface area contributed by atoms with Crippen molar-refractivity contribution in [1.29, 1.82) is 0 Å². The van der Waals surface area contributed by atoms with Gasteiger partial charge in [0.15, 0.2) is 0 Å². The standard InChI is InChI=1S/C20H33NO/c1-4-5-6-7-8-9-18-10-12-19(13-11-18)22-20-14-16(2)17(3)21-15-20/h14-15,18-19H,4-13H2,1-3H3. The minimum Gasteiger partial charge on any atom is -0.489 e. The maximum Gasteiger partial charge on any atom is 0.138 e. The molecule has 0 radical (unpaired) electrons. The molecule has 1 aromatic rings. The van der Waals surface area contributed by atoms with Crippen LogP contribution < -0.4 is 4.74 Å². The zero-order valence-electron chi connectivity index (χ0n) is 14.7. The first kappa shape index (κ1) is 17.3. The van der Waals surface area contributed by atoms with Crippen LogP contribution in [0.25, 0.3) is 0 Å². The summed E-state index contributed by atoms with van der Waals surface area (Å²) in [6.07, 6.45) is 15.9. The van der Waals surface area contributed by atoms with E-state index in [-0.39, 0.29) is 0 Å². The molecule has 22 heavy (non-hydrogen) atoms. The number of pyridine rings is 1. The fourth-order valence-electron chi connectivity index (χ4n) is 3.45. The fraction of sp³-hybridized carbons (Fsp3) is 0.750. The highest BCUT2D eigenvalue weighted by Gasteiger charge is 2.22. The molecule has 0 amide bonds. The molecule has 0 unspecified atom stereocenters. The molecular formula is C20H33NO. The molecule has 0 atom stereocenters. The third-order valence-electron chi connectivity index (χ3n) is 5.13.